The van der Waals surface area contributed by atoms with E-state index in [1.165, 1.54) is 23.4 Å². The Kier molecular flexibility index (Phi) is 5.81. The summed E-state index contributed by atoms with van der Waals surface area (Å²) in [6.45, 7) is 4.77. The maximum absolute atomic E-state index is 13.6. The lowest BCUT2D eigenvalue weighted by molar-refractivity contribution is 0.242. The molecular weight excluding hydrogens is 367 g/mol. The van der Waals surface area contributed by atoms with Crippen LogP contribution in [0, 0.1) is 5.82 Å². The van der Waals surface area contributed by atoms with E-state index in [1.54, 1.807) is 13.2 Å². The van der Waals surface area contributed by atoms with Gasteiger partial charge in [-0.25, -0.2) is 14.4 Å². The number of nitrogens with zero attached hydrogens (tertiary/aromatic N) is 4. The minimum absolute atomic E-state index is 0.303. The zero-order valence-corrected chi connectivity index (χ0v) is 16.9. The molecule has 150 valence electrons. The summed E-state index contributed by atoms with van der Waals surface area (Å²) in [6, 6.07) is 8.43. The third-order valence-electron chi connectivity index (χ3n) is 5.20. The van der Waals surface area contributed by atoms with Gasteiger partial charge in [0.15, 0.2) is 0 Å². The second-order valence-corrected chi connectivity index (χ2v) is 7.37. The molecule has 0 saturated heterocycles. The zero-order valence-electron chi connectivity index (χ0n) is 16.9. The number of aromatic nitrogens is 3. The molecule has 0 spiro atoms. The van der Waals surface area contributed by atoms with Crippen LogP contribution in [0.1, 0.15) is 36.0 Å². The first-order valence-electron chi connectivity index (χ1n) is 10.0. The van der Waals surface area contributed by atoms with Crippen LogP contribution in [0.15, 0.2) is 42.7 Å². The lowest BCUT2D eigenvalue weighted by Crippen LogP contribution is -2.31. The van der Waals surface area contributed by atoms with Crippen LogP contribution in [0.5, 0.6) is 5.75 Å². The largest absolute Gasteiger partial charge is 0.496 e. The molecule has 1 aliphatic rings. The molecule has 0 atom stereocenters. The van der Waals surface area contributed by atoms with Crippen LogP contribution in [0.2, 0.25) is 0 Å². The van der Waals surface area contributed by atoms with Crippen LogP contribution in [-0.4, -0.2) is 33.5 Å². The van der Waals surface area contributed by atoms with Crippen molar-refractivity contribution >= 4 is 0 Å². The predicted octanol–water partition coefficient (Wildman–Crippen LogP) is 4.20. The van der Waals surface area contributed by atoms with Gasteiger partial charge in [0.25, 0.3) is 0 Å². The molecule has 0 bridgehead atoms. The summed E-state index contributed by atoms with van der Waals surface area (Å²) in [4.78, 5) is 16.1. The highest BCUT2D eigenvalue weighted by Crippen LogP contribution is 2.29. The Morgan fingerprint density at radius 3 is 2.79 bits per heavy atom. The first-order chi connectivity index (χ1) is 14.2. The molecule has 0 amide bonds. The van der Waals surface area contributed by atoms with Gasteiger partial charge in [-0.15, -0.1) is 0 Å². The van der Waals surface area contributed by atoms with E-state index in [0.29, 0.717) is 17.0 Å². The van der Waals surface area contributed by atoms with Gasteiger partial charge < -0.3 is 4.74 Å². The Morgan fingerprint density at radius 1 is 1.14 bits per heavy atom. The lowest BCUT2D eigenvalue weighted by Gasteiger charge is -2.28. The summed E-state index contributed by atoms with van der Waals surface area (Å²) < 4.78 is 19.0. The molecule has 4 rings (SSSR count). The van der Waals surface area contributed by atoms with Crippen molar-refractivity contribution in [2.75, 3.05) is 13.7 Å². The topological polar surface area (TPSA) is 51.1 Å². The number of methoxy groups -OCH3 is 1. The van der Waals surface area contributed by atoms with Crippen LogP contribution >= 0.6 is 0 Å². The third kappa shape index (κ3) is 4.43. The van der Waals surface area contributed by atoms with Gasteiger partial charge in [-0.1, -0.05) is 13.0 Å². The number of halogens is 1. The Labute approximate surface area is 170 Å². The smallest absolute Gasteiger partial charge is 0.128 e. The average molecular weight is 392 g/mol. The van der Waals surface area contributed by atoms with E-state index in [1.807, 2.05) is 24.5 Å². The van der Waals surface area contributed by atoms with Gasteiger partial charge in [-0.3, -0.25) is 9.88 Å². The Morgan fingerprint density at radius 2 is 2.03 bits per heavy atom. The number of fused-ring (bicyclic) bond motifs is 1. The summed E-state index contributed by atoms with van der Waals surface area (Å²) >= 11 is 0. The number of aryl methyl sites for hydroxylation is 1. The summed E-state index contributed by atoms with van der Waals surface area (Å²) in [5.41, 5.74) is 4.88. The maximum atomic E-state index is 13.6. The molecule has 0 aliphatic carbocycles. The van der Waals surface area contributed by atoms with Gasteiger partial charge in [0, 0.05) is 61.7 Å². The molecule has 2 aromatic heterocycles. The molecule has 1 aromatic carbocycles. The number of ether oxygens (including phenoxy) is 1. The van der Waals surface area contributed by atoms with Crippen molar-refractivity contribution in [1.82, 2.24) is 19.9 Å². The van der Waals surface area contributed by atoms with Crippen molar-refractivity contribution in [3.05, 3.63) is 71.2 Å². The standard InChI is InChI=1S/C23H25FN4O/c1-3-4-23-26-13-17-15-28(10-9-20(17)27-23)14-16-5-7-21(25-12-16)19-11-18(24)6-8-22(19)29-2/h5-8,11-13H,3-4,9-10,14-15H2,1-2H3. The predicted molar refractivity (Wildman–Crippen MR) is 110 cm³/mol. The molecule has 0 unspecified atom stereocenters. The molecule has 29 heavy (non-hydrogen) atoms. The van der Waals surface area contributed by atoms with E-state index in [9.17, 15) is 4.39 Å². The average Bonchev–Trinajstić information content (AvgIpc) is 2.74. The first kappa shape index (κ1) is 19.5. The highest BCUT2D eigenvalue weighted by molar-refractivity contribution is 5.67. The number of pyridine rings is 1. The fourth-order valence-electron chi connectivity index (χ4n) is 3.71. The van der Waals surface area contributed by atoms with E-state index in [2.05, 4.69) is 21.8 Å². The van der Waals surface area contributed by atoms with Crippen molar-refractivity contribution in [1.29, 1.82) is 0 Å². The molecule has 0 N–H and O–H groups in total. The van der Waals surface area contributed by atoms with Gasteiger partial charge in [0.05, 0.1) is 12.8 Å². The third-order valence-corrected chi connectivity index (χ3v) is 5.20. The van der Waals surface area contributed by atoms with Crippen LogP contribution in [0.3, 0.4) is 0 Å². The monoisotopic (exact) mass is 392 g/mol. The second-order valence-electron chi connectivity index (χ2n) is 7.37. The molecule has 0 saturated carbocycles. The van der Waals surface area contributed by atoms with Gasteiger partial charge >= 0.3 is 0 Å². The van der Waals surface area contributed by atoms with Crippen molar-refractivity contribution in [3.63, 3.8) is 0 Å². The molecule has 6 heteroatoms. The number of rotatable bonds is 6. The Bertz CT molecular complexity index is 991. The summed E-state index contributed by atoms with van der Waals surface area (Å²) in [5, 5.41) is 0. The fourth-order valence-corrected chi connectivity index (χ4v) is 3.71. The van der Waals surface area contributed by atoms with E-state index in [0.717, 1.165) is 50.3 Å². The van der Waals surface area contributed by atoms with Crippen molar-refractivity contribution in [3.8, 4) is 17.0 Å². The SMILES string of the molecule is CCCc1ncc2c(n1)CCN(Cc1ccc(-c3cc(F)ccc3OC)nc1)C2. The molecule has 3 heterocycles. The van der Waals surface area contributed by atoms with Crippen molar-refractivity contribution < 1.29 is 9.13 Å². The summed E-state index contributed by atoms with van der Waals surface area (Å²) in [6.07, 6.45) is 6.79. The van der Waals surface area contributed by atoms with Gasteiger partial charge in [-0.05, 0) is 36.2 Å². The van der Waals surface area contributed by atoms with E-state index < -0.39 is 0 Å². The van der Waals surface area contributed by atoms with Crippen molar-refractivity contribution in [2.45, 2.75) is 39.3 Å². The normalized spacial score (nSPS) is 13.9. The highest BCUT2D eigenvalue weighted by Gasteiger charge is 2.19. The van der Waals surface area contributed by atoms with Gasteiger partial charge in [0.1, 0.15) is 17.4 Å². The minimum Gasteiger partial charge on any atom is -0.496 e. The molecule has 0 radical (unpaired) electrons. The fraction of sp³-hybridized carbons (Fsp3) is 0.348. The van der Waals surface area contributed by atoms with Gasteiger partial charge in [-0.2, -0.15) is 0 Å². The van der Waals surface area contributed by atoms with Crippen LogP contribution in [0.4, 0.5) is 4.39 Å². The second kappa shape index (κ2) is 8.66. The zero-order chi connectivity index (χ0) is 20.2. The molecule has 5 nitrogen and oxygen atoms in total. The van der Waals surface area contributed by atoms with E-state index >= 15 is 0 Å². The molecule has 3 aromatic rings. The van der Waals surface area contributed by atoms with Gasteiger partial charge in [0.2, 0.25) is 0 Å². The summed E-state index contributed by atoms with van der Waals surface area (Å²) in [5.74, 6) is 1.26. The minimum atomic E-state index is -0.303. The van der Waals surface area contributed by atoms with Crippen LogP contribution in [-0.2, 0) is 25.9 Å². The quantitative estimate of drug-likeness (QED) is 0.629. The number of hydrogen-bond donors (Lipinski definition) is 0. The first-order valence-corrected chi connectivity index (χ1v) is 10.0. The molecular formula is C23H25FN4O. The molecule has 0 fully saturated rings. The Balaban J connectivity index is 1.45. The Hall–Kier alpha value is -2.86. The van der Waals surface area contributed by atoms with E-state index in [-0.39, 0.29) is 5.82 Å². The van der Waals surface area contributed by atoms with Crippen molar-refractivity contribution in [2.24, 2.45) is 0 Å². The van der Waals surface area contributed by atoms with Crippen LogP contribution < -0.4 is 4.74 Å². The maximum Gasteiger partial charge on any atom is 0.128 e. The van der Waals surface area contributed by atoms with E-state index in [4.69, 9.17) is 9.72 Å². The lowest BCUT2D eigenvalue weighted by atomic mass is 10.1. The highest BCUT2D eigenvalue weighted by atomic mass is 19.1. The number of hydrogen-bond acceptors (Lipinski definition) is 5. The molecule has 1 aliphatic heterocycles. The number of benzene rings is 1. The summed E-state index contributed by atoms with van der Waals surface area (Å²) in [7, 11) is 1.58. The van der Waals surface area contributed by atoms with Crippen LogP contribution in [0.25, 0.3) is 11.3 Å².